The third-order valence-electron chi connectivity index (χ3n) is 8.05. The van der Waals surface area contributed by atoms with E-state index in [1.54, 1.807) is 39.9 Å². The van der Waals surface area contributed by atoms with Crippen molar-refractivity contribution in [1.29, 1.82) is 0 Å². The molecule has 3 aromatic rings. The van der Waals surface area contributed by atoms with Gasteiger partial charge in [-0.05, 0) is 80.1 Å². The minimum Gasteiger partial charge on any atom is -0.497 e. The standard InChI is InChI=1S/C37H45N3O7/c1-37(2,3)47-36(43)38-23-33(40(34(41)24-38)31-13-9-12-29(21-31)28-10-7-6-8-11-28)35(42)39(30-14-15-30)22-26-18-27(20-32(19-26)45-5)25-46-17-16-44-4/h6-13,18-21,30,33H,14-17,22-25H2,1-5H3. The van der Waals surface area contributed by atoms with Crippen LogP contribution in [0.25, 0.3) is 11.1 Å². The van der Waals surface area contributed by atoms with Gasteiger partial charge in [0.2, 0.25) is 11.8 Å². The summed E-state index contributed by atoms with van der Waals surface area (Å²) in [4.78, 5) is 46.6. The molecule has 10 nitrogen and oxygen atoms in total. The monoisotopic (exact) mass is 643 g/mol. The predicted molar refractivity (Wildman–Crippen MR) is 179 cm³/mol. The highest BCUT2D eigenvalue weighted by molar-refractivity contribution is 6.04. The molecule has 0 bridgehead atoms. The van der Waals surface area contributed by atoms with Gasteiger partial charge in [0.25, 0.3) is 0 Å². The minimum atomic E-state index is -0.946. The van der Waals surface area contributed by atoms with Gasteiger partial charge in [0.05, 0.1) is 33.5 Å². The molecule has 1 saturated heterocycles. The number of piperazine rings is 1. The Morgan fingerprint density at radius 2 is 1.62 bits per heavy atom. The number of carbonyl (C=O) groups excluding carboxylic acids is 3. The molecule has 0 N–H and O–H groups in total. The van der Waals surface area contributed by atoms with E-state index in [1.807, 2.05) is 77.7 Å². The molecule has 47 heavy (non-hydrogen) atoms. The molecule has 1 atom stereocenters. The zero-order chi connectivity index (χ0) is 33.6. The lowest BCUT2D eigenvalue weighted by Gasteiger charge is -2.42. The first-order valence-electron chi connectivity index (χ1n) is 16.1. The normalized spacial score (nSPS) is 16.6. The van der Waals surface area contributed by atoms with Crippen LogP contribution in [0.3, 0.4) is 0 Å². The van der Waals surface area contributed by atoms with Crippen LogP contribution in [0, 0.1) is 0 Å². The van der Waals surface area contributed by atoms with E-state index >= 15 is 0 Å². The van der Waals surface area contributed by atoms with Crippen LogP contribution in [0.1, 0.15) is 44.7 Å². The molecule has 3 amide bonds. The van der Waals surface area contributed by atoms with E-state index in [4.69, 9.17) is 18.9 Å². The molecule has 10 heteroatoms. The SMILES string of the molecule is COCCOCc1cc(CN(C(=O)C2CN(C(=O)OC(C)(C)C)CC(=O)N2c2cccc(-c3ccccc3)c2)C2CC2)cc(OC)c1. The van der Waals surface area contributed by atoms with E-state index in [-0.39, 0.29) is 30.9 Å². The van der Waals surface area contributed by atoms with Crippen molar-refractivity contribution < 1.29 is 33.3 Å². The smallest absolute Gasteiger partial charge is 0.410 e. The van der Waals surface area contributed by atoms with E-state index in [1.165, 1.54) is 4.90 Å². The van der Waals surface area contributed by atoms with Crippen LogP contribution >= 0.6 is 0 Å². The lowest BCUT2D eigenvalue weighted by molar-refractivity contribution is -0.138. The summed E-state index contributed by atoms with van der Waals surface area (Å²) in [7, 11) is 3.24. The molecular formula is C37H45N3O7. The summed E-state index contributed by atoms with van der Waals surface area (Å²) in [6.07, 6.45) is 1.11. The van der Waals surface area contributed by atoms with E-state index < -0.39 is 17.7 Å². The zero-order valence-corrected chi connectivity index (χ0v) is 27.9. The van der Waals surface area contributed by atoms with Crippen molar-refractivity contribution in [3.8, 4) is 16.9 Å². The van der Waals surface area contributed by atoms with Gasteiger partial charge in [-0.3, -0.25) is 19.4 Å². The molecule has 0 aromatic heterocycles. The average molecular weight is 644 g/mol. The highest BCUT2D eigenvalue weighted by Gasteiger charge is 2.45. The Labute approximate surface area is 277 Å². The van der Waals surface area contributed by atoms with Crippen LogP contribution < -0.4 is 9.64 Å². The van der Waals surface area contributed by atoms with E-state index in [0.717, 1.165) is 35.1 Å². The number of benzene rings is 3. The van der Waals surface area contributed by atoms with Crippen LogP contribution in [0.2, 0.25) is 0 Å². The summed E-state index contributed by atoms with van der Waals surface area (Å²) in [5, 5.41) is 0. The molecule has 2 aliphatic rings. The van der Waals surface area contributed by atoms with Crippen molar-refractivity contribution in [3.05, 3.63) is 83.9 Å². The third-order valence-corrected chi connectivity index (χ3v) is 8.05. The number of amides is 3. The second-order valence-electron chi connectivity index (χ2n) is 13.0. The van der Waals surface area contributed by atoms with Gasteiger partial charge in [-0.25, -0.2) is 4.79 Å². The van der Waals surface area contributed by atoms with Crippen LogP contribution in [0.4, 0.5) is 10.5 Å². The lowest BCUT2D eigenvalue weighted by atomic mass is 10.0. The molecule has 0 radical (unpaired) electrons. The minimum absolute atomic E-state index is 0.00890. The van der Waals surface area contributed by atoms with Crippen molar-refractivity contribution in [2.75, 3.05) is 45.4 Å². The number of methoxy groups -OCH3 is 2. The van der Waals surface area contributed by atoms with Gasteiger partial charge in [-0.2, -0.15) is 0 Å². The molecule has 5 rings (SSSR count). The van der Waals surface area contributed by atoms with E-state index in [0.29, 0.717) is 37.8 Å². The maximum absolute atomic E-state index is 14.7. The van der Waals surface area contributed by atoms with Crippen LogP contribution in [0.15, 0.2) is 72.8 Å². The average Bonchev–Trinajstić information content (AvgIpc) is 3.90. The summed E-state index contributed by atoms with van der Waals surface area (Å²) in [5.74, 6) is 0.0950. The summed E-state index contributed by atoms with van der Waals surface area (Å²) in [6, 6.07) is 22.4. The van der Waals surface area contributed by atoms with Gasteiger partial charge in [-0.1, -0.05) is 48.5 Å². The molecule has 0 spiro atoms. The molecule has 1 aliphatic heterocycles. The lowest BCUT2D eigenvalue weighted by Crippen LogP contribution is -2.63. The first-order valence-corrected chi connectivity index (χ1v) is 16.1. The van der Waals surface area contributed by atoms with Crippen molar-refractivity contribution in [2.45, 2.75) is 64.4 Å². The second-order valence-corrected chi connectivity index (χ2v) is 13.0. The predicted octanol–water partition coefficient (Wildman–Crippen LogP) is 5.67. The maximum Gasteiger partial charge on any atom is 0.410 e. The number of hydrogen-bond acceptors (Lipinski definition) is 7. The fraction of sp³-hybridized carbons (Fsp3) is 0.432. The van der Waals surface area contributed by atoms with Gasteiger partial charge in [0.1, 0.15) is 23.9 Å². The Balaban J connectivity index is 1.47. The number of anilines is 1. The number of carbonyl (C=O) groups is 3. The second kappa shape index (κ2) is 15.0. The Hall–Kier alpha value is -4.41. The van der Waals surface area contributed by atoms with Crippen molar-refractivity contribution >= 4 is 23.6 Å². The Kier molecular flexibility index (Phi) is 10.8. The highest BCUT2D eigenvalue weighted by atomic mass is 16.6. The Morgan fingerprint density at radius 1 is 0.894 bits per heavy atom. The summed E-state index contributed by atoms with van der Waals surface area (Å²) < 4.78 is 22.1. The summed E-state index contributed by atoms with van der Waals surface area (Å²) >= 11 is 0. The van der Waals surface area contributed by atoms with Crippen LogP contribution in [-0.2, 0) is 37.0 Å². The maximum atomic E-state index is 14.7. The van der Waals surface area contributed by atoms with Crippen molar-refractivity contribution in [2.24, 2.45) is 0 Å². The topological polar surface area (TPSA) is 97.8 Å². The fourth-order valence-corrected chi connectivity index (χ4v) is 5.73. The molecule has 2 fully saturated rings. The van der Waals surface area contributed by atoms with Gasteiger partial charge in [0.15, 0.2) is 0 Å². The Morgan fingerprint density at radius 3 is 2.30 bits per heavy atom. The molecule has 250 valence electrons. The van der Waals surface area contributed by atoms with Crippen molar-refractivity contribution in [3.63, 3.8) is 0 Å². The molecule has 1 aliphatic carbocycles. The molecule has 1 heterocycles. The van der Waals surface area contributed by atoms with E-state index in [9.17, 15) is 14.4 Å². The van der Waals surface area contributed by atoms with Crippen molar-refractivity contribution in [1.82, 2.24) is 9.80 Å². The number of ether oxygens (including phenoxy) is 4. The number of nitrogens with zero attached hydrogens (tertiary/aromatic N) is 3. The van der Waals surface area contributed by atoms with Gasteiger partial charge in [0, 0.05) is 25.4 Å². The number of rotatable bonds is 12. The Bertz CT molecular complexity index is 1550. The molecular weight excluding hydrogens is 598 g/mol. The quantitative estimate of drug-likeness (QED) is 0.235. The van der Waals surface area contributed by atoms with E-state index in [2.05, 4.69) is 0 Å². The van der Waals surface area contributed by atoms with Gasteiger partial charge >= 0.3 is 6.09 Å². The third kappa shape index (κ3) is 8.90. The molecule has 1 unspecified atom stereocenters. The van der Waals surface area contributed by atoms with Crippen LogP contribution in [-0.4, -0.2) is 85.9 Å². The fourth-order valence-electron chi connectivity index (χ4n) is 5.73. The zero-order valence-electron chi connectivity index (χ0n) is 27.9. The first-order chi connectivity index (χ1) is 22.6. The first kappa shape index (κ1) is 33.9. The van der Waals surface area contributed by atoms with Crippen LogP contribution in [0.5, 0.6) is 5.75 Å². The van der Waals surface area contributed by atoms with Gasteiger partial charge < -0.3 is 23.8 Å². The molecule has 3 aromatic carbocycles. The largest absolute Gasteiger partial charge is 0.497 e. The summed E-state index contributed by atoms with van der Waals surface area (Å²) in [5.41, 5.74) is 3.58. The number of hydrogen-bond donors (Lipinski definition) is 0. The molecule has 1 saturated carbocycles. The highest BCUT2D eigenvalue weighted by Crippen LogP contribution is 2.34. The van der Waals surface area contributed by atoms with Gasteiger partial charge in [-0.15, -0.1) is 0 Å². The summed E-state index contributed by atoms with van der Waals surface area (Å²) in [6.45, 7) is 6.79.